The monoisotopic (exact) mass is 279 g/mol. The molecule has 0 spiro atoms. The van der Waals surface area contributed by atoms with Gasteiger partial charge in [0.15, 0.2) is 0 Å². The van der Waals surface area contributed by atoms with Gasteiger partial charge < -0.3 is 10.4 Å². The summed E-state index contributed by atoms with van der Waals surface area (Å²) in [7, 11) is 0. The fourth-order valence-electron chi connectivity index (χ4n) is 3.30. The Kier molecular flexibility index (Phi) is 6.05. The number of aromatic nitrogens is 2. The van der Waals surface area contributed by atoms with Crippen LogP contribution in [0.4, 0.5) is 0 Å². The molecule has 2 N–H and O–H groups in total. The van der Waals surface area contributed by atoms with E-state index in [1.807, 2.05) is 4.68 Å². The molecule has 0 radical (unpaired) electrons. The maximum Gasteiger partial charge on any atom is 0.0644 e. The molecule has 1 aliphatic rings. The van der Waals surface area contributed by atoms with Crippen LogP contribution in [0.1, 0.15) is 55.5 Å². The summed E-state index contributed by atoms with van der Waals surface area (Å²) < 4.78 is 1.91. The highest BCUT2D eigenvalue weighted by molar-refractivity contribution is 5.24. The predicted octanol–water partition coefficient (Wildman–Crippen LogP) is 2.55. The van der Waals surface area contributed by atoms with Gasteiger partial charge in [0.2, 0.25) is 0 Å². The Morgan fingerprint density at radius 2 is 2.00 bits per heavy atom. The second-order valence-corrected chi connectivity index (χ2v) is 6.07. The normalized spacial score (nSPS) is 16.8. The summed E-state index contributed by atoms with van der Waals surface area (Å²) in [6.07, 6.45) is 8.45. The Morgan fingerprint density at radius 1 is 1.25 bits per heavy atom. The fourth-order valence-corrected chi connectivity index (χ4v) is 3.30. The Balaban J connectivity index is 1.76. The average Bonchev–Trinajstić information content (AvgIpc) is 2.72. The fraction of sp³-hybridized carbons (Fsp3) is 0.812. The molecule has 1 aliphatic carbocycles. The van der Waals surface area contributed by atoms with Gasteiger partial charge in [-0.3, -0.25) is 4.68 Å². The van der Waals surface area contributed by atoms with E-state index in [-0.39, 0.29) is 6.61 Å². The minimum Gasteiger partial charge on any atom is -0.394 e. The first kappa shape index (κ1) is 15.5. The van der Waals surface area contributed by atoms with Crippen LogP contribution in [0.3, 0.4) is 0 Å². The van der Waals surface area contributed by atoms with Crippen molar-refractivity contribution in [2.75, 3.05) is 13.2 Å². The quantitative estimate of drug-likeness (QED) is 0.754. The maximum absolute atomic E-state index is 9.03. The van der Waals surface area contributed by atoms with Crippen molar-refractivity contribution in [3.05, 3.63) is 17.0 Å². The largest absolute Gasteiger partial charge is 0.394 e. The highest BCUT2D eigenvalue weighted by Crippen LogP contribution is 2.25. The summed E-state index contributed by atoms with van der Waals surface area (Å²) in [4.78, 5) is 0. The van der Waals surface area contributed by atoms with Gasteiger partial charge in [0.1, 0.15) is 0 Å². The van der Waals surface area contributed by atoms with Crippen LogP contribution >= 0.6 is 0 Å². The molecule has 4 heteroatoms. The number of hydrogen-bond donors (Lipinski definition) is 2. The van der Waals surface area contributed by atoms with E-state index >= 15 is 0 Å². The molecule has 1 heterocycles. The minimum absolute atomic E-state index is 0.149. The molecule has 0 aliphatic heterocycles. The summed E-state index contributed by atoms with van der Waals surface area (Å²) in [6.45, 7) is 6.89. The van der Waals surface area contributed by atoms with E-state index in [1.54, 1.807) is 0 Å². The van der Waals surface area contributed by atoms with E-state index in [9.17, 15) is 0 Å². The van der Waals surface area contributed by atoms with E-state index < -0.39 is 0 Å². The molecule has 1 aromatic rings. The first-order valence-corrected chi connectivity index (χ1v) is 8.07. The van der Waals surface area contributed by atoms with E-state index in [4.69, 9.17) is 5.11 Å². The number of aliphatic hydroxyl groups excluding tert-OH is 1. The zero-order valence-corrected chi connectivity index (χ0v) is 13.0. The van der Waals surface area contributed by atoms with Crippen LogP contribution < -0.4 is 5.32 Å². The number of aryl methyl sites for hydroxylation is 1. The summed E-state index contributed by atoms with van der Waals surface area (Å²) in [5.41, 5.74) is 3.56. The van der Waals surface area contributed by atoms with Crippen LogP contribution in [0.15, 0.2) is 0 Å². The molecule has 4 nitrogen and oxygen atoms in total. The number of hydrogen-bond acceptors (Lipinski definition) is 3. The third-order valence-electron chi connectivity index (χ3n) is 4.60. The van der Waals surface area contributed by atoms with Gasteiger partial charge in [-0.15, -0.1) is 0 Å². The van der Waals surface area contributed by atoms with Gasteiger partial charge in [-0.1, -0.05) is 32.1 Å². The minimum atomic E-state index is 0.149. The molecule has 1 aromatic heterocycles. The van der Waals surface area contributed by atoms with Crippen molar-refractivity contribution in [2.45, 2.75) is 65.5 Å². The van der Waals surface area contributed by atoms with E-state index in [0.29, 0.717) is 6.54 Å². The van der Waals surface area contributed by atoms with Gasteiger partial charge in [-0.05, 0) is 32.7 Å². The highest BCUT2D eigenvalue weighted by atomic mass is 16.3. The maximum atomic E-state index is 9.03. The Labute approximate surface area is 122 Å². The number of nitrogens with zero attached hydrogens (tertiary/aromatic N) is 2. The van der Waals surface area contributed by atoms with Crippen LogP contribution in [-0.4, -0.2) is 28.0 Å². The lowest BCUT2D eigenvalue weighted by Gasteiger charge is -2.21. The summed E-state index contributed by atoms with van der Waals surface area (Å²) in [6, 6.07) is 0. The lowest BCUT2D eigenvalue weighted by Crippen LogP contribution is -2.19. The van der Waals surface area contributed by atoms with E-state index in [1.165, 1.54) is 49.8 Å². The molecule has 0 atom stereocenters. The van der Waals surface area contributed by atoms with Gasteiger partial charge in [0.25, 0.3) is 0 Å². The lowest BCUT2D eigenvalue weighted by molar-refractivity contribution is 0.267. The van der Waals surface area contributed by atoms with Crippen LogP contribution in [0, 0.1) is 19.8 Å². The molecule has 0 amide bonds. The molecular formula is C16H29N3O. The second kappa shape index (κ2) is 7.79. The van der Waals surface area contributed by atoms with Crippen molar-refractivity contribution in [1.29, 1.82) is 0 Å². The van der Waals surface area contributed by atoms with Gasteiger partial charge in [0, 0.05) is 17.8 Å². The van der Waals surface area contributed by atoms with Gasteiger partial charge >= 0.3 is 0 Å². The van der Waals surface area contributed by atoms with Crippen molar-refractivity contribution < 1.29 is 5.11 Å². The molecule has 2 rings (SSSR count). The molecular weight excluding hydrogens is 250 g/mol. The van der Waals surface area contributed by atoms with Crippen LogP contribution in [0.5, 0.6) is 0 Å². The van der Waals surface area contributed by atoms with Crippen LogP contribution in [0.2, 0.25) is 0 Å². The van der Waals surface area contributed by atoms with Crippen molar-refractivity contribution in [2.24, 2.45) is 5.92 Å². The standard InChI is InChI=1S/C16H29N3O/c1-13-16(14(2)19(18-13)10-11-20)12-17-9-8-15-6-4-3-5-7-15/h15,17,20H,3-12H2,1-2H3. The summed E-state index contributed by atoms with van der Waals surface area (Å²) in [5.74, 6) is 0.940. The smallest absolute Gasteiger partial charge is 0.0644 e. The molecule has 0 unspecified atom stereocenters. The molecule has 114 valence electrons. The van der Waals surface area contributed by atoms with Gasteiger partial charge in [-0.2, -0.15) is 5.10 Å². The number of nitrogens with one attached hydrogen (secondary N) is 1. The van der Waals surface area contributed by atoms with Crippen molar-refractivity contribution in [1.82, 2.24) is 15.1 Å². The summed E-state index contributed by atoms with van der Waals surface area (Å²) in [5, 5.41) is 17.1. The molecule has 0 bridgehead atoms. The molecule has 0 aromatic carbocycles. The summed E-state index contributed by atoms with van der Waals surface area (Å²) >= 11 is 0. The van der Waals surface area contributed by atoms with E-state index in [0.717, 1.165) is 24.7 Å². The topological polar surface area (TPSA) is 50.1 Å². The third kappa shape index (κ3) is 4.06. The Morgan fingerprint density at radius 3 is 2.70 bits per heavy atom. The number of rotatable bonds is 7. The van der Waals surface area contributed by atoms with Crippen molar-refractivity contribution >= 4 is 0 Å². The average molecular weight is 279 g/mol. The molecule has 1 fully saturated rings. The predicted molar refractivity (Wildman–Crippen MR) is 81.7 cm³/mol. The molecule has 1 saturated carbocycles. The van der Waals surface area contributed by atoms with Crippen molar-refractivity contribution in [3.8, 4) is 0 Å². The van der Waals surface area contributed by atoms with Crippen molar-refractivity contribution in [3.63, 3.8) is 0 Å². The first-order chi connectivity index (χ1) is 9.72. The van der Waals surface area contributed by atoms with Gasteiger partial charge in [-0.25, -0.2) is 0 Å². The van der Waals surface area contributed by atoms with Crippen LogP contribution in [0.25, 0.3) is 0 Å². The van der Waals surface area contributed by atoms with Gasteiger partial charge in [0.05, 0.1) is 18.8 Å². The third-order valence-corrected chi connectivity index (χ3v) is 4.60. The van der Waals surface area contributed by atoms with E-state index in [2.05, 4.69) is 24.3 Å². The molecule has 0 saturated heterocycles. The zero-order valence-electron chi connectivity index (χ0n) is 13.0. The molecule has 20 heavy (non-hydrogen) atoms. The Bertz CT molecular complexity index is 408. The zero-order chi connectivity index (χ0) is 14.4. The Hall–Kier alpha value is -0.870. The van der Waals surface area contributed by atoms with Crippen LogP contribution in [-0.2, 0) is 13.1 Å². The SMILES string of the molecule is Cc1nn(CCO)c(C)c1CNCCC1CCCCC1. The lowest BCUT2D eigenvalue weighted by atomic mass is 9.87. The first-order valence-electron chi connectivity index (χ1n) is 8.07. The number of aliphatic hydroxyl groups is 1. The second-order valence-electron chi connectivity index (χ2n) is 6.07. The highest BCUT2D eigenvalue weighted by Gasteiger charge is 2.14.